The van der Waals surface area contributed by atoms with Crippen molar-refractivity contribution in [2.24, 2.45) is 0 Å². The van der Waals surface area contributed by atoms with Crippen molar-refractivity contribution in [2.75, 3.05) is 47.8 Å². The van der Waals surface area contributed by atoms with E-state index in [-0.39, 0.29) is 11.4 Å². The van der Waals surface area contributed by atoms with Crippen LogP contribution in [0.5, 0.6) is 0 Å². The molecule has 2 aliphatic carbocycles. The summed E-state index contributed by atoms with van der Waals surface area (Å²) in [5.41, 5.74) is 1.45. The first-order valence-corrected chi connectivity index (χ1v) is 12.2. The Balaban J connectivity index is 1.18. The summed E-state index contributed by atoms with van der Waals surface area (Å²) in [5, 5.41) is 9.98. The third-order valence-electron chi connectivity index (χ3n) is 7.77. The van der Waals surface area contributed by atoms with Crippen LogP contribution in [0.2, 0.25) is 0 Å². The van der Waals surface area contributed by atoms with Gasteiger partial charge in [-0.2, -0.15) is 4.98 Å². The smallest absolute Gasteiger partial charge is 0.239 e. The first-order valence-electron chi connectivity index (χ1n) is 12.2. The third-order valence-corrected chi connectivity index (χ3v) is 7.77. The van der Waals surface area contributed by atoms with E-state index in [0.717, 1.165) is 49.8 Å². The summed E-state index contributed by atoms with van der Waals surface area (Å²) in [7, 11) is 0. The second kappa shape index (κ2) is 8.13. The lowest BCUT2D eigenvalue weighted by atomic mass is 9.79. The van der Waals surface area contributed by atoms with Gasteiger partial charge in [0.25, 0.3) is 0 Å². The van der Waals surface area contributed by atoms with Gasteiger partial charge in [0.2, 0.25) is 11.9 Å². The number of nitrogens with one attached hydrogen (secondary N) is 3. The summed E-state index contributed by atoms with van der Waals surface area (Å²) in [6.45, 7) is 4.12. The lowest BCUT2D eigenvalue weighted by Gasteiger charge is -2.49. The molecule has 2 aromatic rings. The lowest BCUT2D eigenvalue weighted by Crippen LogP contribution is -2.64. The Morgan fingerprint density at radius 2 is 1.91 bits per heavy atom. The number of anilines is 4. The van der Waals surface area contributed by atoms with Gasteiger partial charge in [0.1, 0.15) is 11.6 Å². The lowest BCUT2D eigenvalue weighted by molar-refractivity contribution is -0.121. The summed E-state index contributed by atoms with van der Waals surface area (Å²) < 4.78 is 0. The van der Waals surface area contributed by atoms with Gasteiger partial charge < -0.3 is 25.8 Å². The van der Waals surface area contributed by atoms with E-state index in [9.17, 15) is 4.79 Å². The molecule has 4 fully saturated rings. The number of carbonyl (C=O) groups is 1. The molecular formula is C24H32N8O. The number of nitrogens with zero attached hydrogens (tertiary/aromatic N) is 5. The zero-order valence-electron chi connectivity index (χ0n) is 19.0. The number of hydrogen-bond donors (Lipinski definition) is 3. The fourth-order valence-corrected chi connectivity index (χ4v) is 5.69. The summed E-state index contributed by atoms with van der Waals surface area (Å²) in [5.74, 6) is 2.08. The van der Waals surface area contributed by atoms with Gasteiger partial charge in [0.05, 0.1) is 24.0 Å². The van der Waals surface area contributed by atoms with Crippen LogP contribution in [-0.4, -0.2) is 64.7 Å². The molecule has 2 spiro atoms. The molecule has 2 saturated heterocycles. The molecule has 4 heterocycles. The van der Waals surface area contributed by atoms with Crippen LogP contribution in [0.15, 0.2) is 30.6 Å². The predicted molar refractivity (Wildman–Crippen MR) is 128 cm³/mol. The van der Waals surface area contributed by atoms with Gasteiger partial charge in [0, 0.05) is 37.9 Å². The maximum Gasteiger partial charge on any atom is 0.239 e. The minimum absolute atomic E-state index is 0.0418. The molecule has 0 atom stereocenters. The molecule has 0 aromatic carbocycles. The average Bonchev–Trinajstić information content (AvgIpc) is 3.60. The monoisotopic (exact) mass is 448 g/mol. The van der Waals surface area contributed by atoms with Crippen molar-refractivity contribution in [2.45, 2.75) is 56.0 Å². The van der Waals surface area contributed by atoms with Crippen molar-refractivity contribution < 1.29 is 4.79 Å². The van der Waals surface area contributed by atoms with Gasteiger partial charge in [0.15, 0.2) is 0 Å². The molecule has 3 N–H and O–H groups in total. The minimum atomic E-state index is -0.0418. The maximum absolute atomic E-state index is 12.2. The van der Waals surface area contributed by atoms with E-state index in [1.807, 2.05) is 18.3 Å². The summed E-state index contributed by atoms with van der Waals surface area (Å²) in [4.78, 5) is 30.7. The average molecular weight is 449 g/mol. The van der Waals surface area contributed by atoms with E-state index in [4.69, 9.17) is 4.98 Å². The zero-order chi connectivity index (χ0) is 22.3. The van der Waals surface area contributed by atoms with Crippen molar-refractivity contribution >= 4 is 29.2 Å². The second-order valence-corrected chi connectivity index (χ2v) is 10.0. The molecule has 4 aliphatic rings. The standard InChI is InChI=1S/C24H32N8O/c33-21-15-32(24(16-27-21)7-2-1-3-8-24)20-6-11-25-22(30-20)29-19-5-4-18(14-26-19)31-13-12-28-23(17-31)9-10-23/h4-6,11,14,28H,1-3,7-10,12-13,15-17H2,(H,27,33)(H,25,26,29,30). The summed E-state index contributed by atoms with van der Waals surface area (Å²) in [6.07, 6.45) is 12.0. The first-order chi connectivity index (χ1) is 16.1. The molecule has 0 unspecified atom stereocenters. The number of aromatic nitrogens is 3. The molecule has 2 aliphatic heterocycles. The van der Waals surface area contributed by atoms with Crippen LogP contribution in [-0.2, 0) is 4.79 Å². The van der Waals surface area contributed by atoms with Crippen molar-refractivity contribution in [3.05, 3.63) is 30.6 Å². The minimum Gasteiger partial charge on any atom is -0.367 e. The summed E-state index contributed by atoms with van der Waals surface area (Å²) in [6, 6.07) is 6.02. The predicted octanol–water partition coefficient (Wildman–Crippen LogP) is 2.20. The van der Waals surface area contributed by atoms with E-state index in [0.29, 0.717) is 24.6 Å². The van der Waals surface area contributed by atoms with Gasteiger partial charge in [-0.1, -0.05) is 19.3 Å². The van der Waals surface area contributed by atoms with Gasteiger partial charge in [-0.25, -0.2) is 9.97 Å². The third kappa shape index (κ3) is 4.10. The maximum atomic E-state index is 12.2. The molecule has 2 saturated carbocycles. The number of carbonyl (C=O) groups excluding carboxylic acids is 1. The quantitative estimate of drug-likeness (QED) is 0.655. The number of piperazine rings is 2. The largest absolute Gasteiger partial charge is 0.367 e. The highest BCUT2D eigenvalue weighted by Gasteiger charge is 2.45. The SMILES string of the molecule is O=C1CN(c2ccnc(Nc3ccc(N4CCNC5(CC5)C4)cn3)n2)C2(CCCCC2)CN1. The van der Waals surface area contributed by atoms with Crippen LogP contribution in [0.1, 0.15) is 44.9 Å². The molecule has 6 rings (SSSR count). The van der Waals surface area contributed by atoms with Crippen LogP contribution in [0.4, 0.5) is 23.3 Å². The van der Waals surface area contributed by atoms with Crippen LogP contribution >= 0.6 is 0 Å². The Morgan fingerprint density at radius 1 is 1.03 bits per heavy atom. The highest BCUT2D eigenvalue weighted by Crippen LogP contribution is 2.39. The fraction of sp³-hybridized carbons (Fsp3) is 0.583. The second-order valence-electron chi connectivity index (χ2n) is 10.0. The fourth-order valence-electron chi connectivity index (χ4n) is 5.69. The van der Waals surface area contributed by atoms with Gasteiger partial charge in [-0.15, -0.1) is 0 Å². The van der Waals surface area contributed by atoms with Crippen molar-refractivity contribution in [1.82, 2.24) is 25.6 Å². The number of hydrogen-bond acceptors (Lipinski definition) is 8. The number of amides is 1. The Morgan fingerprint density at radius 3 is 2.70 bits per heavy atom. The van der Waals surface area contributed by atoms with E-state index >= 15 is 0 Å². The number of rotatable bonds is 4. The van der Waals surface area contributed by atoms with Gasteiger partial charge in [-0.3, -0.25) is 4.79 Å². The molecule has 9 heteroatoms. The molecule has 9 nitrogen and oxygen atoms in total. The van der Waals surface area contributed by atoms with Crippen LogP contribution in [0.25, 0.3) is 0 Å². The molecule has 0 radical (unpaired) electrons. The van der Waals surface area contributed by atoms with E-state index < -0.39 is 0 Å². The van der Waals surface area contributed by atoms with Crippen LogP contribution in [0, 0.1) is 0 Å². The molecule has 174 valence electrons. The topological polar surface area (TPSA) is 98.3 Å². The van der Waals surface area contributed by atoms with Crippen molar-refractivity contribution in [1.29, 1.82) is 0 Å². The Kier molecular flexibility index (Phi) is 5.09. The molecule has 1 amide bonds. The van der Waals surface area contributed by atoms with Crippen LogP contribution < -0.4 is 25.8 Å². The van der Waals surface area contributed by atoms with Crippen LogP contribution in [0.3, 0.4) is 0 Å². The highest BCUT2D eigenvalue weighted by molar-refractivity contribution is 5.83. The molecule has 33 heavy (non-hydrogen) atoms. The Labute approximate surface area is 194 Å². The Bertz CT molecular complexity index is 1020. The highest BCUT2D eigenvalue weighted by atomic mass is 16.2. The van der Waals surface area contributed by atoms with Gasteiger partial charge >= 0.3 is 0 Å². The van der Waals surface area contributed by atoms with Crippen molar-refractivity contribution in [3.63, 3.8) is 0 Å². The van der Waals surface area contributed by atoms with E-state index in [1.165, 1.54) is 32.1 Å². The van der Waals surface area contributed by atoms with Crippen molar-refractivity contribution in [3.8, 4) is 0 Å². The molecule has 0 bridgehead atoms. The Hall–Kier alpha value is -2.94. The zero-order valence-corrected chi connectivity index (χ0v) is 19.0. The van der Waals surface area contributed by atoms with Gasteiger partial charge in [-0.05, 0) is 43.9 Å². The first kappa shape index (κ1) is 20.7. The van der Waals surface area contributed by atoms with E-state index in [2.05, 4.69) is 41.8 Å². The normalized spacial score (nSPS) is 23.5. The van der Waals surface area contributed by atoms with E-state index in [1.54, 1.807) is 6.20 Å². The molecule has 2 aromatic heterocycles. The summed E-state index contributed by atoms with van der Waals surface area (Å²) >= 11 is 0. The number of pyridine rings is 1. The molecular weight excluding hydrogens is 416 g/mol.